The van der Waals surface area contributed by atoms with Crippen LogP contribution in [0.3, 0.4) is 0 Å². The summed E-state index contributed by atoms with van der Waals surface area (Å²) in [5, 5.41) is 0. The maximum Gasteiger partial charge on any atom is 0.169 e. The van der Waals surface area contributed by atoms with E-state index >= 15 is 0 Å². The maximum atomic E-state index is 13.5. The van der Waals surface area contributed by atoms with Crippen LogP contribution in [0.4, 0.5) is 4.39 Å². The van der Waals surface area contributed by atoms with Crippen LogP contribution in [0.5, 0.6) is 5.75 Å². The lowest BCUT2D eigenvalue weighted by Gasteiger charge is -2.08. The minimum atomic E-state index is -3.11. The number of sulfone groups is 1. The molecule has 0 saturated carbocycles. The molecule has 0 atom stereocenters. The lowest BCUT2D eigenvalue weighted by molar-refractivity contribution is 0.0975. The number of ketones is 1. The van der Waals surface area contributed by atoms with E-state index in [2.05, 4.69) is 0 Å². The van der Waals surface area contributed by atoms with Crippen LogP contribution in [-0.2, 0) is 9.84 Å². The average Bonchev–Trinajstić information content (AvgIpc) is 2.26. The predicted molar refractivity (Wildman–Crippen MR) is 66.2 cm³/mol. The Morgan fingerprint density at radius 1 is 1.39 bits per heavy atom. The van der Waals surface area contributed by atoms with E-state index in [-0.39, 0.29) is 29.9 Å². The summed E-state index contributed by atoms with van der Waals surface area (Å²) in [4.78, 5) is 11.8. The number of carbonyl (C=O) groups is 1. The number of rotatable bonds is 6. The van der Waals surface area contributed by atoms with E-state index in [0.29, 0.717) is 0 Å². The Labute approximate surface area is 106 Å². The lowest BCUT2D eigenvalue weighted by atomic mass is 10.1. The smallest absolute Gasteiger partial charge is 0.169 e. The van der Waals surface area contributed by atoms with E-state index in [9.17, 15) is 17.6 Å². The number of Topliss-reactive ketones (excluding diaryl/α,β-unsaturated/α-hetero) is 1. The third-order valence-corrected chi connectivity index (χ3v) is 3.42. The molecule has 0 bridgehead atoms. The van der Waals surface area contributed by atoms with Crippen molar-refractivity contribution in [2.24, 2.45) is 0 Å². The van der Waals surface area contributed by atoms with Gasteiger partial charge < -0.3 is 4.74 Å². The van der Waals surface area contributed by atoms with Gasteiger partial charge in [-0.2, -0.15) is 0 Å². The number of hydrogen-bond donors (Lipinski definition) is 0. The van der Waals surface area contributed by atoms with Crippen molar-refractivity contribution < 1.29 is 22.3 Å². The van der Waals surface area contributed by atoms with E-state index in [1.54, 1.807) is 0 Å². The summed E-state index contributed by atoms with van der Waals surface area (Å²) in [6.07, 6.45) is 1.25. The SMILES string of the molecule is COc1cccc(F)c1C(=O)CCCS(C)(=O)=O. The highest BCUT2D eigenvalue weighted by molar-refractivity contribution is 7.90. The van der Waals surface area contributed by atoms with Gasteiger partial charge in [0, 0.05) is 12.7 Å². The number of ether oxygens (including phenoxy) is 1. The van der Waals surface area contributed by atoms with Crippen molar-refractivity contribution in [3.63, 3.8) is 0 Å². The molecule has 0 aliphatic rings. The second kappa shape index (κ2) is 5.95. The Hall–Kier alpha value is -1.43. The summed E-state index contributed by atoms with van der Waals surface area (Å²) in [7, 11) is -1.76. The second-order valence-electron chi connectivity index (χ2n) is 3.97. The molecule has 0 spiro atoms. The summed E-state index contributed by atoms with van der Waals surface area (Å²) in [6, 6.07) is 4.11. The monoisotopic (exact) mass is 274 g/mol. The van der Waals surface area contributed by atoms with Gasteiger partial charge in [0.2, 0.25) is 0 Å². The van der Waals surface area contributed by atoms with Gasteiger partial charge in [-0.15, -0.1) is 0 Å². The fourth-order valence-electron chi connectivity index (χ4n) is 1.56. The zero-order valence-corrected chi connectivity index (χ0v) is 11.1. The van der Waals surface area contributed by atoms with Crippen molar-refractivity contribution in [2.45, 2.75) is 12.8 Å². The van der Waals surface area contributed by atoms with E-state index in [4.69, 9.17) is 4.74 Å². The number of halogens is 1. The van der Waals surface area contributed by atoms with E-state index in [1.165, 1.54) is 25.3 Å². The normalized spacial score (nSPS) is 11.3. The number of methoxy groups -OCH3 is 1. The van der Waals surface area contributed by atoms with Crippen LogP contribution >= 0.6 is 0 Å². The first-order chi connectivity index (χ1) is 8.35. The molecule has 0 aliphatic carbocycles. The van der Waals surface area contributed by atoms with Crippen LogP contribution in [-0.4, -0.2) is 33.3 Å². The molecule has 18 heavy (non-hydrogen) atoms. The zero-order valence-electron chi connectivity index (χ0n) is 10.3. The average molecular weight is 274 g/mol. The van der Waals surface area contributed by atoms with Gasteiger partial charge in [-0.05, 0) is 18.6 Å². The highest BCUT2D eigenvalue weighted by atomic mass is 32.2. The Morgan fingerprint density at radius 2 is 2.06 bits per heavy atom. The van der Waals surface area contributed by atoms with Crippen molar-refractivity contribution >= 4 is 15.6 Å². The molecular weight excluding hydrogens is 259 g/mol. The molecule has 0 radical (unpaired) electrons. The fourth-order valence-corrected chi connectivity index (χ4v) is 2.23. The third-order valence-electron chi connectivity index (χ3n) is 2.39. The molecule has 0 aromatic heterocycles. The Balaban J connectivity index is 2.79. The molecule has 0 heterocycles. The number of hydrogen-bond acceptors (Lipinski definition) is 4. The number of carbonyl (C=O) groups excluding carboxylic acids is 1. The molecule has 4 nitrogen and oxygen atoms in total. The van der Waals surface area contributed by atoms with Crippen LogP contribution in [0, 0.1) is 5.82 Å². The summed E-state index contributed by atoms with van der Waals surface area (Å²) >= 11 is 0. The van der Waals surface area contributed by atoms with Crippen molar-refractivity contribution in [3.8, 4) is 5.75 Å². The van der Waals surface area contributed by atoms with Gasteiger partial charge in [-0.25, -0.2) is 12.8 Å². The first-order valence-corrected chi connectivity index (χ1v) is 7.44. The molecule has 0 fully saturated rings. The fraction of sp³-hybridized carbons (Fsp3) is 0.417. The van der Waals surface area contributed by atoms with Crippen LogP contribution in [0.15, 0.2) is 18.2 Å². The van der Waals surface area contributed by atoms with Crippen LogP contribution in [0.25, 0.3) is 0 Å². The zero-order chi connectivity index (χ0) is 13.8. The highest BCUT2D eigenvalue weighted by Crippen LogP contribution is 2.23. The predicted octanol–water partition coefficient (Wildman–Crippen LogP) is 1.84. The molecule has 1 aromatic rings. The molecule has 0 amide bonds. The summed E-state index contributed by atoms with van der Waals surface area (Å²) < 4.78 is 40.3. The van der Waals surface area contributed by atoms with Crippen molar-refractivity contribution in [2.75, 3.05) is 19.1 Å². The van der Waals surface area contributed by atoms with Gasteiger partial charge in [-0.1, -0.05) is 6.07 Å². The molecule has 1 aromatic carbocycles. The molecule has 0 unspecified atom stereocenters. The van der Waals surface area contributed by atoms with E-state index < -0.39 is 21.4 Å². The van der Waals surface area contributed by atoms with Gasteiger partial charge >= 0.3 is 0 Å². The van der Waals surface area contributed by atoms with Crippen molar-refractivity contribution in [3.05, 3.63) is 29.6 Å². The molecule has 1 rings (SSSR count). The summed E-state index contributed by atoms with van der Waals surface area (Å²) in [6.45, 7) is 0. The summed E-state index contributed by atoms with van der Waals surface area (Å²) in [5.74, 6) is -1.03. The van der Waals surface area contributed by atoms with E-state index in [1.807, 2.05) is 0 Å². The van der Waals surface area contributed by atoms with Gasteiger partial charge in [0.25, 0.3) is 0 Å². The van der Waals surface area contributed by atoms with E-state index in [0.717, 1.165) is 6.26 Å². The Morgan fingerprint density at radius 3 is 2.61 bits per heavy atom. The van der Waals surface area contributed by atoms with Crippen LogP contribution in [0.1, 0.15) is 23.2 Å². The van der Waals surface area contributed by atoms with Gasteiger partial charge in [-0.3, -0.25) is 4.79 Å². The quantitative estimate of drug-likeness (QED) is 0.743. The first kappa shape index (κ1) is 14.6. The Bertz CT molecular complexity index is 537. The second-order valence-corrected chi connectivity index (χ2v) is 6.23. The van der Waals surface area contributed by atoms with Gasteiger partial charge in [0.1, 0.15) is 21.4 Å². The van der Waals surface area contributed by atoms with Crippen molar-refractivity contribution in [1.82, 2.24) is 0 Å². The largest absolute Gasteiger partial charge is 0.496 e. The topological polar surface area (TPSA) is 60.4 Å². The Kier molecular flexibility index (Phi) is 4.84. The van der Waals surface area contributed by atoms with Gasteiger partial charge in [0.05, 0.1) is 18.4 Å². The third kappa shape index (κ3) is 4.10. The molecule has 0 aliphatic heterocycles. The van der Waals surface area contributed by atoms with Crippen LogP contribution < -0.4 is 4.74 Å². The molecule has 6 heteroatoms. The minimum Gasteiger partial charge on any atom is -0.496 e. The van der Waals surface area contributed by atoms with Crippen LogP contribution in [0.2, 0.25) is 0 Å². The molecular formula is C12H15FO4S. The molecule has 0 N–H and O–H groups in total. The summed E-state index contributed by atoms with van der Waals surface area (Å²) in [5.41, 5.74) is -0.117. The standard InChI is InChI=1S/C12H15FO4S/c1-17-11-7-3-5-9(13)12(11)10(14)6-4-8-18(2,15)16/h3,5,7H,4,6,8H2,1-2H3. The molecule has 0 saturated heterocycles. The lowest BCUT2D eigenvalue weighted by Crippen LogP contribution is -2.09. The first-order valence-electron chi connectivity index (χ1n) is 5.38. The minimum absolute atomic E-state index is 0.0234. The molecule has 100 valence electrons. The van der Waals surface area contributed by atoms with Crippen molar-refractivity contribution in [1.29, 1.82) is 0 Å². The maximum absolute atomic E-state index is 13.5. The van der Waals surface area contributed by atoms with Gasteiger partial charge in [0.15, 0.2) is 5.78 Å². The number of benzene rings is 1. The highest BCUT2D eigenvalue weighted by Gasteiger charge is 2.17.